The van der Waals surface area contributed by atoms with Crippen LogP contribution in [0.5, 0.6) is 0 Å². The Kier molecular flexibility index (Phi) is 3.13. The molecule has 1 radical (unpaired) electrons. The van der Waals surface area contributed by atoms with E-state index in [-0.39, 0.29) is 19.0 Å². The van der Waals surface area contributed by atoms with E-state index in [1.807, 2.05) is 0 Å². The highest BCUT2D eigenvalue weighted by Gasteiger charge is 2.14. The lowest BCUT2D eigenvalue weighted by Crippen LogP contribution is -2.13. The Balaban J connectivity index is 2.80. The van der Waals surface area contributed by atoms with Gasteiger partial charge in [0.2, 0.25) is 12.2 Å². The Hall–Kier alpha value is -1.72. The van der Waals surface area contributed by atoms with Gasteiger partial charge in [0.05, 0.1) is 13.2 Å². The summed E-state index contributed by atoms with van der Waals surface area (Å²) in [6.45, 7) is 1.94. The van der Waals surface area contributed by atoms with Crippen LogP contribution in [0.4, 0.5) is 0 Å². The van der Waals surface area contributed by atoms with E-state index in [0.717, 1.165) is 0 Å². The molecule has 1 rings (SSSR count). The predicted molar refractivity (Wildman–Crippen MR) is 40.9 cm³/mol. The summed E-state index contributed by atoms with van der Waals surface area (Å²) in [6, 6.07) is 0. The molecule has 0 unspecified atom stereocenters. The third kappa shape index (κ3) is 2.11. The minimum atomic E-state index is -0.599. The molecule has 0 saturated carbocycles. The van der Waals surface area contributed by atoms with Crippen LogP contribution < -0.4 is 0 Å². The van der Waals surface area contributed by atoms with Gasteiger partial charge >= 0.3 is 5.97 Å². The molecule has 0 amide bonds. The summed E-state index contributed by atoms with van der Waals surface area (Å²) in [7, 11) is 0. The summed E-state index contributed by atoms with van der Waals surface area (Å²) < 4.78 is 5.87. The molecule has 6 nitrogen and oxygen atoms in total. The Morgan fingerprint density at radius 3 is 3.15 bits per heavy atom. The summed E-state index contributed by atoms with van der Waals surface area (Å²) in [6.07, 6.45) is 3.00. The molecule has 0 bridgehead atoms. The van der Waals surface area contributed by atoms with Gasteiger partial charge in [0.15, 0.2) is 0 Å². The van der Waals surface area contributed by atoms with Gasteiger partial charge in [-0.05, 0) is 6.92 Å². The predicted octanol–water partition coefficient (Wildman–Crippen LogP) is -0.546. The molecule has 0 aliphatic rings. The van der Waals surface area contributed by atoms with Crippen molar-refractivity contribution in [1.29, 1.82) is 0 Å². The fourth-order valence-electron chi connectivity index (χ4n) is 0.774. The number of hydrogen-bond donors (Lipinski definition) is 0. The van der Waals surface area contributed by atoms with E-state index in [0.29, 0.717) is 6.29 Å². The average molecular weight is 182 g/mol. The first-order valence-electron chi connectivity index (χ1n) is 3.71. The van der Waals surface area contributed by atoms with Gasteiger partial charge in [-0.3, -0.25) is 4.57 Å². The number of carbonyl (C=O) groups excluding carboxylic acids is 2. The standard InChI is InChI=1S/C7H8N3O3/c1-2-13-7(12)6-9-8-5-10(6)3-4-11/h4H,2-3H2,1H3. The van der Waals surface area contributed by atoms with Gasteiger partial charge in [-0.1, -0.05) is 0 Å². The quantitative estimate of drug-likeness (QED) is 0.461. The third-order valence-electron chi connectivity index (χ3n) is 1.28. The highest BCUT2D eigenvalue weighted by molar-refractivity contribution is 5.85. The van der Waals surface area contributed by atoms with E-state index in [4.69, 9.17) is 0 Å². The molecule has 0 aliphatic heterocycles. The van der Waals surface area contributed by atoms with E-state index in [1.165, 1.54) is 4.57 Å². The first-order chi connectivity index (χ1) is 6.29. The monoisotopic (exact) mass is 182 g/mol. The lowest BCUT2D eigenvalue weighted by molar-refractivity contribution is -0.108. The third-order valence-corrected chi connectivity index (χ3v) is 1.28. The number of esters is 1. The Morgan fingerprint density at radius 1 is 1.77 bits per heavy atom. The Labute approximate surface area is 74.5 Å². The van der Waals surface area contributed by atoms with Gasteiger partial charge < -0.3 is 9.53 Å². The van der Waals surface area contributed by atoms with Crippen molar-refractivity contribution in [2.75, 3.05) is 6.61 Å². The van der Waals surface area contributed by atoms with Crippen LogP contribution in [0.3, 0.4) is 0 Å². The molecule has 0 atom stereocenters. The second-order valence-corrected chi connectivity index (χ2v) is 2.12. The number of nitrogens with zero attached hydrogens (tertiary/aromatic N) is 3. The summed E-state index contributed by atoms with van der Waals surface area (Å²) in [4.78, 5) is 21.3. The molecule has 13 heavy (non-hydrogen) atoms. The molecule has 0 spiro atoms. The van der Waals surface area contributed by atoms with Gasteiger partial charge in [0, 0.05) is 0 Å². The molecule has 6 heteroatoms. The van der Waals surface area contributed by atoms with Crippen LogP contribution >= 0.6 is 0 Å². The number of aromatic nitrogens is 3. The first kappa shape index (κ1) is 9.37. The summed E-state index contributed by atoms with van der Waals surface area (Å²) in [5.74, 6) is -0.605. The number of carbonyl (C=O) groups is 2. The van der Waals surface area contributed by atoms with Gasteiger partial charge in [-0.15, -0.1) is 10.2 Å². The Bertz CT molecular complexity index is 308. The molecule has 1 aromatic rings. The van der Waals surface area contributed by atoms with Crippen molar-refractivity contribution >= 4 is 12.3 Å². The van der Waals surface area contributed by atoms with Gasteiger partial charge in [-0.25, -0.2) is 4.79 Å². The molecule has 69 valence electrons. The minimum Gasteiger partial charge on any atom is -0.460 e. The zero-order chi connectivity index (χ0) is 9.68. The van der Waals surface area contributed by atoms with Crippen molar-refractivity contribution in [2.45, 2.75) is 13.5 Å². The number of aldehydes is 1. The summed E-state index contributed by atoms with van der Waals surface area (Å²) in [5, 5.41) is 6.85. The summed E-state index contributed by atoms with van der Waals surface area (Å²) >= 11 is 0. The maximum absolute atomic E-state index is 11.1. The van der Waals surface area contributed by atoms with Gasteiger partial charge in [-0.2, -0.15) is 0 Å². The summed E-state index contributed by atoms with van der Waals surface area (Å²) in [5.41, 5.74) is 0. The van der Waals surface area contributed by atoms with Crippen LogP contribution in [0.25, 0.3) is 0 Å². The van der Waals surface area contributed by atoms with Crippen molar-refractivity contribution in [3.8, 4) is 0 Å². The maximum atomic E-state index is 11.1. The number of rotatable bonds is 4. The zero-order valence-electron chi connectivity index (χ0n) is 7.06. The van der Waals surface area contributed by atoms with Crippen LogP contribution in [-0.2, 0) is 16.1 Å². The Morgan fingerprint density at radius 2 is 2.54 bits per heavy atom. The maximum Gasteiger partial charge on any atom is 0.376 e. The fraction of sp³-hybridized carbons (Fsp3) is 0.429. The fourth-order valence-corrected chi connectivity index (χ4v) is 0.774. The lowest BCUT2D eigenvalue weighted by Gasteiger charge is -2.00. The second kappa shape index (κ2) is 4.34. The largest absolute Gasteiger partial charge is 0.460 e. The lowest BCUT2D eigenvalue weighted by atomic mass is 10.5. The van der Waals surface area contributed by atoms with Crippen LogP contribution in [0.15, 0.2) is 0 Å². The normalized spacial score (nSPS) is 9.62. The van der Waals surface area contributed by atoms with Crippen molar-refractivity contribution in [3.63, 3.8) is 0 Å². The van der Waals surface area contributed by atoms with Crippen molar-refractivity contribution < 1.29 is 14.3 Å². The highest BCUT2D eigenvalue weighted by Crippen LogP contribution is 1.96. The molecule has 1 aromatic heterocycles. The van der Waals surface area contributed by atoms with Crippen molar-refractivity contribution in [3.05, 3.63) is 12.2 Å². The topological polar surface area (TPSA) is 74.1 Å². The first-order valence-corrected chi connectivity index (χ1v) is 3.71. The second-order valence-electron chi connectivity index (χ2n) is 2.12. The van der Waals surface area contributed by atoms with E-state index in [1.54, 1.807) is 6.92 Å². The molecule has 0 N–H and O–H groups in total. The van der Waals surface area contributed by atoms with E-state index in [9.17, 15) is 9.59 Å². The zero-order valence-corrected chi connectivity index (χ0v) is 7.06. The van der Waals surface area contributed by atoms with Crippen molar-refractivity contribution in [1.82, 2.24) is 14.8 Å². The SMILES string of the molecule is CCOC(=O)c1nn[c]n1CC=O. The van der Waals surface area contributed by atoms with Crippen molar-refractivity contribution in [2.24, 2.45) is 0 Å². The van der Waals surface area contributed by atoms with Gasteiger partial charge in [0.25, 0.3) is 0 Å². The van der Waals surface area contributed by atoms with Gasteiger partial charge in [0.1, 0.15) is 6.29 Å². The van der Waals surface area contributed by atoms with Crippen LogP contribution in [0, 0.1) is 6.33 Å². The number of hydrogen-bond acceptors (Lipinski definition) is 5. The molecule has 0 saturated heterocycles. The van der Waals surface area contributed by atoms with E-state index >= 15 is 0 Å². The molecular weight excluding hydrogens is 174 g/mol. The van der Waals surface area contributed by atoms with Crippen LogP contribution in [-0.4, -0.2) is 33.6 Å². The molecule has 0 fully saturated rings. The highest BCUT2D eigenvalue weighted by atomic mass is 16.5. The molecule has 1 heterocycles. The minimum absolute atomic E-state index is 0.00114. The van der Waals surface area contributed by atoms with Crippen LogP contribution in [0.1, 0.15) is 17.5 Å². The molecular formula is C7H8N3O3. The van der Waals surface area contributed by atoms with Crippen LogP contribution in [0.2, 0.25) is 0 Å². The molecule has 0 aromatic carbocycles. The van der Waals surface area contributed by atoms with E-state index in [2.05, 4.69) is 21.3 Å². The smallest absolute Gasteiger partial charge is 0.376 e. The molecule has 0 aliphatic carbocycles. The van der Waals surface area contributed by atoms with E-state index < -0.39 is 5.97 Å². The number of ether oxygens (including phenoxy) is 1. The average Bonchev–Trinajstić information content (AvgIpc) is 2.54.